The van der Waals surface area contributed by atoms with Gasteiger partial charge in [-0.15, -0.1) is 0 Å². The molecule has 4 heteroatoms. The van der Waals surface area contributed by atoms with Gasteiger partial charge in [0, 0.05) is 38.0 Å². The van der Waals surface area contributed by atoms with Crippen molar-refractivity contribution in [3.8, 4) is 0 Å². The molecule has 2 rings (SSSR count). The Balaban J connectivity index is 1.91. The normalized spacial score (nSPS) is 22.6. The fourth-order valence-corrected chi connectivity index (χ4v) is 3.02. The average molecular weight is 265 g/mol. The minimum absolute atomic E-state index is 0.0971. The molecule has 0 aromatic carbocycles. The van der Waals surface area contributed by atoms with Gasteiger partial charge >= 0.3 is 0 Å². The van der Waals surface area contributed by atoms with Crippen molar-refractivity contribution in [3.63, 3.8) is 0 Å². The van der Waals surface area contributed by atoms with Gasteiger partial charge in [-0.05, 0) is 32.6 Å². The van der Waals surface area contributed by atoms with Crippen LogP contribution in [-0.4, -0.2) is 28.0 Å². The molecule has 0 amide bonds. The number of nitrogens with zero attached hydrogens (tertiary/aromatic N) is 2. The van der Waals surface area contributed by atoms with E-state index in [-0.39, 0.29) is 5.60 Å². The Morgan fingerprint density at radius 1 is 1.47 bits per heavy atom. The molecule has 2 heterocycles. The van der Waals surface area contributed by atoms with Crippen LogP contribution in [0.3, 0.4) is 0 Å². The molecule has 1 aliphatic heterocycles. The summed E-state index contributed by atoms with van der Waals surface area (Å²) < 4.78 is 7.91. The van der Waals surface area contributed by atoms with Crippen molar-refractivity contribution in [3.05, 3.63) is 17.5 Å². The predicted octanol–water partition coefficient (Wildman–Crippen LogP) is 2.56. The summed E-state index contributed by atoms with van der Waals surface area (Å²) in [5, 5.41) is 8.07. The number of aryl methyl sites for hydroxylation is 2. The first-order valence-electron chi connectivity index (χ1n) is 7.45. The summed E-state index contributed by atoms with van der Waals surface area (Å²) in [5.74, 6) is 0. The highest BCUT2D eigenvalue weighted by Crippen LogP contribution is 2.31. The zero-order valence-corrected chi connectivity index (χ0v) is 12.7. The van der Waals surface area contributed by atoms with Crippen LogP contribution in [0.5, 0.6) is 0 Å². The molecule has 108 valence electrons. The Labute approximate surface area is 116 Å². The molecule has 1 aromatic heterocycles. The van der Waals surface area contributed by atoms with Gasteiger partial charge in [-0.2, -0.15) is 5.10 Å². The van der Waals surface area contributed by atoms with Gasteiger partial charge < -0.3 is 10.1 Å². The quantitative estimate of drug-likeness (QED) is 0.889. The van der Waals surface area contributed by atoms with Crippen molar-refractivity contribution in [2.24, 2.45) is 7.05 Å². The summed E-state index contributed by atoms with van der Waals surface area (Å²) in [7, 11) is 1.98. The van der Waals surface area contributed by atoms with Crippen molar-refractivity contribution in [1.29, 1.82) is 0 Å². The van der Waals surface area contributed by atoms with E-state index in [1.807, 2.05) is 11.7 Å². The Kier molecular flexibility index (Phi) is 4.63. The van der Waals surface area contributed by atoms with Gasteiger partial charge in [0.2, 0.25) is 0 Å². The molecule has 1 aromatic rings. The van der Waals surface area contributed by atoms with Crippen LogP contribution in [0.1, 0.15) is 50.8 Å². The number of hydrogen-bond acceptors (Lipinski definition) is 3. The lowest BCUT2D eigenvalue weighted by Crippen LogP contribution is -2.46. The summed E-state index contributed by atoms with van der Waals surface area (Å²) in [6.45, 7) is 8.33. The summed E-state index contributed by atoms with van der Waals surface area (Å²) in [6.07, 6.45) is 6.55. The second-order valence-electron chi connectivity index (χ2n) is 5.72. The van der Waals surface area contributed by atoms with E-state index < -0.39 is 0 Å². The van der Waals surface area contributed by atoms with Gasteiger partial charge in [0.05, 0.1) is 11.3 Å². The maximum absolute atomic E-state index is 6.02. The molecule has 0 saturated carbocycles. The van der Waals surface area contributed by atoms with Crippen LogP contribution >= 0.6 is 0 Å². The molecule has 1 N–H and O–H groups in total. The third kappa shape index (κ3) is 3.37. The topological polar surface area (TPSA) is 39.1 Å². The number of aromatic nitrogens is 2. The van der Waals surface area contributed by atoms with Crippen LogP contribution in [-0.2, 0) is 18.3 Å². The SMILES string of the molecule is CCC1(CC)CC(NCc2cn(C)nc2C)CCO1. The number of hydrogen-bond donors (Lipinski definition) is 1. The predicted molar refractivity (Wildman–Crippen MR) is 77.1 cm³/mol. The smallest absolute Gasteiger partial charge is 0.0692 e. The summed E-state index contributed by atoms with van der Waals surface area (Å²) >= 11 is 0. The lowest BCUT2D eigenvalue weighted by Gasteiger charge is -2.40. The van der Waals surface area contributed by atoms with E-state index in [0.717, 1.165) is 44.5 Å². The standard InChI is InChI=1S/C15H27N3O/c1-5-15(6-2)9-14(7-8-19-15)16-10-13-11-18(4)17-12(13)3/h11,14,16H,5-10H2,1-4H3. The van der Waals surface area contributed by atoms with E-state index in [1.165, 1.54) is 5.56 Å². The van der Waals surface area contributed by atoms with E-state index in [4.69, 9.17) is 4.74 Å². The lowest BCUT2D eigenvalue weighted by atomic mass is 9.86. The molecule has 19 heavy (non-hydrogen) atoms. The second-order valence-corrected chi connectivity index (χ2v) is 5.72. The van der Waals surface area contributed by atoms with E-state index in [9.17, 15) is 0 Å². The van der Waals surface area contributed by atoms with Crippen molar-refractivity contribution in [1.82, 2.24) is 15.1 Å². The highest BCUT2D eigenvalue weighted by Gasteiger charge is 2.34. The fourth-order valence-electron chi connectivity index (χ4n) is 3.02. The van der Waals surface area contributed by atoms with Gasteiger partial charge in [0.1, 0.15) is 0 Å². The monoisotopic (exact) mass is 265 g/mol. The minimum Gasteiger partial charge on any atom is -0.375 e. The molecule has 1 atom stereocenters. The maximum atomic E-state index is 6.02. The fraction of sp³-hybridized carbons (Fsp3) is 0.800. The maximum Gasteiger partial charge on any atom is 0.0692 e. The van der Waals surface area contributed by atoms with Crippen LogP contribution < -0.4 is 5.32 Å². The largest absolute Gasteiger partial charge is 0.375 e. The van der Waals surface area contributed by atoms with E-state index >= 15 is 0 Å². The molecule has 4 nitrogen and oxygen atoms in total. The molecule has 0 aliphatic carbocycles. The molecule has 0 spiro atoms. The Bertz CT molecular complexity index is 410. The van der Waals surface area contributed by atoms with Gasteiger partial charge in [0.25, 0.3) is 0 Å². The van der Waals surface area contributed by atoms with Crippen LogP contribution in [0.4, 0.5) is 0 Å². The van der Waals surface area contributed by atoms with Crippen LogP contribution in [0.2, 0.25) is 0 Å². The third-order valence-corrected chi connectivity index (χ3v) is 4.48. The molecule has 1 unspecified atom stereocenters. The zero-order chi connectivity index (χ0) is 13.9. The first-order chi connectivity index (χ1) is 9.08. The van der Waals surface area contributed by atoms with E-state index in [0.29, 0.717) is 6.04 Å². The first kappa shape index (κ1) is 14.5. The second kappa shape index (κ2) is 6.06. The van der Waals surface area contributed by atoms with E-state index in [2.05, 4.69) is 37.4 Å². The van der Waals surface area contributed by atoms with Crippen molar-refractivity contribution in [2.45, 2.75) is 64.6 Å². The van der Waals surface area contributed by atoms with E-state index in [1.54, 1.807) is 0 Å². The van der Waals surface area contributed by atoms with Crippen molar-refractivity contribution in [2.75, 3.05) is 6.61 Å². The highest BCUT2D eigenvalue weighted by atomic mass is 16.5. The van der Waals surface area contributed by atoms with Gasteiger partial charge in [-0.1, -0.05) is 13.8 Å². The third-order valence-electron chi connectivity index (χ3n) is 4.48. The molecule has 1 aliphatic rings. The highest BCUT2D eigenvalue weighted by molar-refractivity contribution is 5.15. The molecular weight excluding hydrogens is 238 g/mol. The van der Waals surface area contributed by atoms with Crippen LogP contribution in [0.15, 0.2) is 6.20 Å². The number of rotatable bonds is 5. The Hall–Kier alpha value is -0.870. The lowest BCUT2D eigenvalue weighted by molar-refractivity contribution is -0.0932. The van der Waals surface area contributed by atoms with Crippen LogP contribution in [0.25, 0.3) is 0 Å². The van der Waals surface area contributed by atoms with Crippen molar-refractivity contribution >= 4 is 0 Å². The Morgan fingerprint density at radius 2 is 2.21 bits per heavy atom. The summed E-state index contributed by atoms with van der Waals surface area (Å²) in [4.78, 5) is 0. The molecular formula is C15H27N3O. The molecule has 0 bridgehead atoms. The average Bonchev–Trinajstić information content (AvgIpc) is 2.75. The summed E-state index contributed by atoms with van der Waals surface area (Å²) in [6, 6.07) is 0.563. The Morgan fingerprint density at radius 3 is 2.79 bits per heavy atom. The summed E-state index contributed by atoms with van der Waals surface area (Å²) in [5.41, 5.74) is 2.52. The van der Waals surface area contributed by atoms with Gasteiger partial charge in [-0.25, -0.2) is 0 Å². The minimum atomic E-state index is 0.0971. The van der Waals surface area contributed by atoms with Crippen molar-refractivity contribution < 1.29 is 4.74 Å². The number of nitrogens with one attached hydrogen (secondary N) is 1. The first-order valence-corrected chi connectivity index (χ1v) is 7.45. The molecule has 0 radical (unpaired) electrons. The van der Waals surface area contributed by atoms with Gasteiger partial charge in [-0.3, -0.25) is 4.68 Å². The number of ether oxygens (including phenoxy) is 1. The van der Waals surface area contributed by atoms with Crippen LogP contribution in [0, 0.1) is 6.92 Å². The molecule has 1 saturated heterocycles. The zero-order valence-electron chi connectivity index (χ0n) is 12.7. The molecule has 1 fully saturated rings. The van der Waals surface area contributed by atoms with Gasteiger partial charge in [0.15, 0.2) is 0 Å².